The third-order valence-electron chi connectivity index (χ3n) is 7.04. The van der Waals surface area contributed by atoms with Crippen molar-refractivity contribution in [3.8, 4) is 11.5 Å². The van der Waals surface area contributed by atoms with Crippen LogP contribution in [0.3, 0.4) is 0 Å². The molecule has 2 amide bonds. The number of hydrogen-bond acceptors (Lipinski definition) is 6. The second-order valence-corrected chi connectivity index (χ2v) is 12.5. The van der Waals surface area contributed by atoms with Gasteiger partial charge in [0, 0.05) is 34.3 Å². The molecule has 0 unspecified atom stereocenters. The molecule has 12 heteroatoms. The largest absolute Gasteiger partial charge is 0.493 e. The zero-order valence-corrected chi connectivity index (χ0v) is 27.2. The third-order valence-corrected chi connectivity index (χ3v) is 9.54. The van der Waals surface area contributed by atoms with Crippen molar-refractivity contribution in [2.24, 2.45) is 0 Å². The van der Waals surface area contributed by atoms with Crippen molar-refractivity contribution in [2.75, 3.05) is 25.1 Å². The van der Waals surface area contributed by atoms with Crippen molar-refractivity contribution in [1.82, 2.24) is 10.2 Å². The number of sulfonamides is 1. The first kappa shape index (κ1) is 34.0. The van der Waals surface area contributed by atoms with Crippen molar-refractivity contribution in [3.05, 3.63) is 82.3 Å². The molecule has 0 saturated heterocycles. The Morgan fingerprint density at radius 3 is 2.07 bits per heavy atom. The molecule has 0 fully saturated rings. The number of carbonyl (C=O) groups excluding carboxylic acids is 2. The van der Waals surface area contributed by atoms with Gasteiger partial charge in [-0.1, -0.05) is 61.3 Å². The number of amides is 2. The number of carbonyl (C=O) groups is 2. The SMILES string of the molecule is CC[C@H](C(=O)N[C@@H](C)CC)N(Cc1c(Cl)cccc1Cl)C(=O)CN(c1ccc(OC)c(OC)c1)S(=O)(=O)c1ccccc1. The summed E-state index contributed by atoms with van der Waals surface area (Å²) < 4.78 is 39.8. The van der Waals surface area contributed by atoms with E-state index in [0.717, 1.165) is 4.31 Å². The Balaban J connectivity index is 2.14. The minimum Gasteiger partial charge on any atom is -0.493 e. The number of ether oxygens (including phenoxy) is 2. The molecule has 0 saturated carbocycles. The highest BCUT2D eigenvalue weighted by Gasteiger charge is 2.35. The highest BCUT2D eigenvalue weighted by molar-refractivity contribution is 7.92. The summed E-state index contributed by atoms with van der Waals surface area (Å²) in [6.45, 7) is 4.85. The number of nitrogens with one attached hydrogen (secondary N) is 1. The summed E-state index contributed by atoms with van der Waals surface area (Å²) in [4.78, 5) is 29.0. The van der Waals surface area contributed by atoms with Crippen LogP contribution in [0.1, 0.15) is 39.2 Å². The van der Waals surface area contributed by atoms with Gasteiger partial charge in [0.25, 0.3) is 10.0 Å². The summed E-state index contributed by atoms with van der Waals surface area (Å²) in [5.74, 6) is -0.328. The molecule has 0 radical (unpaired) electrons. The fourth-order valence-corrected chi connectivity index (χ4v) is 6.39. The molecule has 3 rings (SSSR count). The van der Waals surface area contributed by atoms with Gasteiger partial charge in [-0.2, -0.15) is 0 Å². The molecule has 0 heterocycles. The minimum absolute atomic E-state index is 0.0140. The van der Waals surface area contributed by atoms with Gasteiger partial charge in [0.15, 0.2) is 11.5 Å². The zero-order valence-electron chi connectivity index (χ0n) is 24.8. The summed E-state index contributed by atoms with van der Waals surface area (Å²) in [6.07, 6.45) is 0.951. The topological polar surface area (TPSA) is 105 Å². The van der Waals surface area contributed by atoms with Gasteiger partial charge in [0.1, 0.15) is 12.6 Å². The molecule has 43 heavy (non-hydrogen) atoms. The van der Waals surface area contributed by atoms with Gasteiger partial charge < -0.3 is 19.7 Å². The summed E-state index contributed by atoms with van der Waals surface area (Å²) in [5.41, 5.74) is 0.611. The van der Waals surface area contributed by atoms with Gasteiger partial charge in [-0.25, -0.2) is 8.42 Å². The molecule has 1 N–H and O–H groups in total. The fourth-order valence-electron chi connectivity index (χ4n) is 4.44. The van der Waals surface area contributed by atoms with Gasteiger partial charge in [0.05, 0.1) is 24.8 Å². The molecule has 0 aromatic heterocycles. The van der Waals surface area contributed by atoms with Crippen LogP contribution in [-0.2, 0) is 26.2 Å². The van der Waals surface area contributed by atoms with Gasteiger partial charge in [-0.15, -0.1) is 0 Å². The number of rotatable bonds is 14. The van der Waals surface area contributed by atoms with Crippen LogP contribution in [0.15, 0.2) is 71.6 Å². The quantitative estimate of drug-likeness (QED) is 0.232. The van der Waals surface area contributed by atoms with E-state index < -0.39 is 28.5 Å². The van der Waals surface area contributed by atoms with Crippen molar-refractivity contribution >= 4 is 50.7 Å². The van der Waals surface area contributed by atoms with Crippen molar-refractivity contribution in [2.45, 2.75) is 57.1 Å². The van der Waals surface area contributed by atoms with Crippen LogP contribution in [0.25, 0.3) is 0 Å². The van der Waals surface area contributed by atoms with E-state index in [-0.39, 0.29) is 41.2 Å². The summed E-state index contributed by atoms with van der Waals surface area (Å²) in [7, 11) is -1.36. The Labute approximate surface area is 263 Å². The standard InChI is InChI=1S/C31H37Cl2N3O6S/c1-6-21(3)34-31(38)27(7-2)35(19-24-25(32)14-11-15-26(24)33)30(37)20-36(43(39,40)23-12-9-8-10-13-23)22-16-17-28(41-4)29(18-22)42-5/h8-18,21,27H,6-7,19-20H2,1-5H3,(H,34,38)/t21-,27+/m0/s1. The predicted octanol–water partition coefficient (Wildman–Crippen LogP) is 5.93. The molecule has 0 aliphatic carbocycles. The van der Waals surface area contributed by atoms with Crippen molar-refractivity contribution < 1.29 is 27.5 Å². The van der Waals surface area contributed by atoms with E-state index >= 15 is 0 Å². The summed E-state index contributed by atoms with van der Waals surface area (Å²) >= 11 is 12.9. The van der Waals surface area contributed by atoms with Gasteiger partial charge >= 0.3 is 0 Å². The Bertz CT molecular complexity index is 1500. The first-order valence-corrected chi connectivity index (χ1v) is 16.0. The first-order chi connectivity index (χ1) is 20.5. The normalized spacial score (nSPS) is 12.6. The second kappa shape index (κ2) is 15.3. The molecule has 232 valence electrons. The van der Waals surface area contributed by atoms with Crippen LogP contribution in [0.4, 0.5) is 5.69 Å². The summed E-state index contributed by atoms with van der Waals surface area (Å²) in [6, 6.07) is 16.2. The molecule has 9 nitrogen and oxygen atoms in total. The molecular formula is C31H37Cl2N3O6S. The Kier molecular flexibility index (Phi) is 12.1. The van der Waals surface area contributed by atoms with Gasteiger partial charge in [0.2, 0.25) is 11.8 Å². The van der Waals surface area contributed by atoms with Crippen LogP contribution in [-0.4, -0.2) is 58.0 Å². The molecule has 0 aliphatic rings. The van der Waals surface area contributed by atoms with Crippen LogP contribution < -0.4 is 19.1 Å². The van der Waals surface area contributed by atoms with E-state index in [1.165, 1.54) is 43.4 Å². The maximum absolute atomic E-state index is 14.3. The molecule has 2 atom stereocenters. The lowest BCUT2D eigenvalue weighted by molar-refractivity contribution is -0.140. The van der Waals surface area contributed by atoms with Crippen LogP contribution in [0.5, 0.6) is 11.5 Å². The van der Waals surface area contributed by atoms with E-state index in [0.29, 0.717) is 27.8 Å². The zero-order chi connectivity index (χ0) is 31.7. The molecule has 0 aliphatic heterocycles. The highest BCUT2D eigenvalue weighted by Crippen LogP contribution is 2.34. The number of hydrogen-bond donors (Lipinski definition) is 1. The van der Waals surface area contributed by atoms with Crippen LogP contribution in [0, 0.1) is 0 Å². The Morgan fingerprint density at radius 2 is 1.51 bits per heavy atom. The van der Waals surface area contributed by atoms with Crippen molar-refractivity contribution in [1.29, 1.82) is 0 Å². The minimum atomic E-state index is -4.26. The number of benzene rings is 3. The van der Waals surface area contributed by atoms with E-state index in [1.807, 2.05) is 13.8 Å². The highest BCUT2D eigenvalue weighted by atomic mass is 35.5. The van der Waals surface area contributed by atoms with E-state index in [1.54, 1.807) is 49.4 Å². The number of methoxy groups -OCH3 is 2. The summed E-state index contributed by atoms with van der Waals surface area (Å²) in [5, 5.41) is 3.57. The monoisotopic (exact) mass is 649 g/mol. The smallest absolute Gasteiger partial charge is 0.264 e. The molecule has 0 spiro atoms. The molecule has 3 aromatic rings. The van der Waals surface area contributed by atoms with E-state index in [9.17, 15) is 18.0 Å². The maximum atomic E-state index is 14.3. The lowest BCUT2D eigenvalue weighted by Crippen LogP contribution is -2.53. The van der Waals surface area contributed by atoms with Gasteiger partial charge in [-0.3, -0.25) is 13.9 Å². The van der Waals surface area contributed by atoms with Crippen LogP contribution >= 0.6 is 23.2 Å². The number of anilines is 1. The fraction of sp³-hybridized carbons (Fsp3) is 0.355. The predicted molar refractivity (Wildman–Crippen MR) is 170 cm³/mol. The van der Waals surface area contributed by atoms with Crippen molar-refractivity contribution in [3.63, 3.8) is 0 Å². The van der Waals surface area contributed by atoms with E-state index in [4.69, 9.17) is 32.7 Å². The maximum Gasteiger partial charge on any atom is 0.264 e. The first-order valence-electron chi connectivity index (χ1n) is 13.8. The third kappa shape index (κ3) is 8.13. The Morgan fingerprint density at radius 1 is 0.884 bits per heavy atom. The van der Waals surface area contributed by atoms with Crippen LogP contribution in [0.2, 0.25) is 10.0 Å². The average molecular weight is 651 g/mol. The lowest BCUT2D eigenvalue weighted by Gasteiger charge is -2.34. The molecule has 3 aromatic carbocycles. The van der Waals surface area contributed by atoms with Gasteiger partial charge in [-0.05, 0) is 56.2 Å². The average Bonchev–Trinajstić information content (AvgIpc) is 3.00. The molecule has 0 bridgehead atoms. The van der Waals surface area contributed by atoms with E-state index in [2.05, 4.69) is 5.32 Å². The lowest BCUT2D eigenvalue weighted by atomic mass is 10.1. The second-order valence-electron chi connectivity index (χ2n) is 9.83. The molecular weight excluding hydrogens is 613 g/mol. The number of halogens is 2. The Hall–Kier alpha value is -3.47. The number of nitrogens with zero attached hydrogens (tertiary/aromatic N) is 2.